The second-order valence-electron chi connectivity index (χ2n) is 7.63. The van der Waals surface area contributed by atoms with Gasteiger partial charge in [0.15, 0.2) is 0 Å². The number of rotatable bonds is 5. The lowest BCUT2D eigenvalue weighted by Gasteiger charge is -2.29. The minimum atomic E-state index is -0.241. The van der Waals surface area contributed by atoms with Crippen molar-refractivity contribution in [3.63, 3.8) is 0 Å². The van der Waals surface area contributed by atoms with Crippen LogP contribution in [0.4, 0.5) is 5.82 Å². The topological polar surface area (TPSA) is 69.3 Å². The maximum atomic E-state index is 13.2. The van der Waals surface area contributed by atoms with Crippen LogP contribution in [0.2, 0.25) is 0 Å². The van der Waals surface area contributed by atoms with Gasteiger partial charge in [0.25, 0.3) is 11.5 Å². The first kappa shape index (κ1) is 22.6. The number of thioether (sulfide) groups is 1. The monoisotopic (exact) mass is 444 g/mol. The van der Waals surface area contributed by atoms with Crippen molar-refractivity contribution >= 4 is 46.1 Å². The third-order valence-electron chi connectivity index (χ3n) is 5.66. The Morgan fingerprint density at radius 3 is 2.37 bits per heavy atom. The molecule has 6 nitrogen and oxygen atoms in total. The van der Waals surface area contributed by atoms with E-state index >= 15 is 0 Å². The molecule has 160 valence electrons. The molecule has 0 radical (unpaired) electrons. The molecule has 2 aliphatic rings. The van der Waals surface area contributed by atoms with Gasteiger partial charge in [-0.1, -0.05) is 43.7 Å². The van der Waals surface area contributed by atoms with E-state index in [1.54, 1.807) is 9.47 Å². The van der Waals surface area contributed by atoms with Gasteiger partial charge in [0.1, 0.15) is 21.8 Å². The molecule has 2 aliphatic heterocycles. The molecule has 1 aromatic rings. The zero-order valence-corrected chi connectivity index (χ0v) is 19.5. The first-order valence-corrected chi connectivity index (χ1v) is 11.8. The molecular formula is C22H28N4O2S2. The van der Waals surface area contributed by atoms with Crippen molar-refractivity contribution in [3.8, 4) is 6.07 Å². The van der Waals surface area contributed by atoms with Crippen LogP contribution in [0.15, 0.2) is 9.70 Å². The summed E-state index contributed by atoms with van der Waals surface area (Å²) in [5.41, 5.74) is 1.34. The van der Waals surface area contributed by atoms with Gasteiger partial charge in [-0.05, 0) is 44.7 Å². The van der Waals surface area contributed by atoms with Crippen molar-refractivity contribution in [3.05, 3.63) is 31.9 Å². The zero-order valence-electron chi connectivity index (χ0n) is 17.9. The second-order valence-corrected chi connectivity index (χ2v) is 9.31. The van der Waals surface area contributed by atoms with E-state index in [4.69, 9.17) is 12.2 Å². The van der Waals surface area contributed by atoms with E-state index in [-0.39, 0.29) is 17.0 Å². The fourth-order valence-corrected chi connectivity index (χ4v) is 5.47. The highest BCUT2D eigenvalue weighted by Gasteiger charge is 2.32. The van der Waals surface area contributed by atoms with Crippen LogP contribution < -0.4 is 10.5 Å². The second kappa shape index (κ2) is 9.80. The SMILES string of the molecule is CCCn1c(N2CCCCCC2)c(/C=C2/SC(=S)N(CC)C2=O)c(C)c(C#N)c1=O. The Hall–Kier alpha value is -2.11. The Bertz CT molecular complexity index is 982. The number of nitrogens with zero attached hydrogens (tertiary/aromatic N) is 4. The highest BCUT2D eigenvalue weighted by molar-refractivity contribution is 8.26. The van der Waals surface area contributed by atoms with Crippen LogP contribution in [0.3, 0.4) is 0 Å². The molecule has 0 unspecified atom stereocenters. The van der Waals surface area contributed by atoms with Crippen molar-refractivity contribution in [1.29, 1.82) is 5.26 Å². The summed E-state index contributed by atoms with van der Waals surface area (Å²) in [6.45, 7) is 8.53. The van der Waals surface area contributed by atoms with Gasteiger partial charge in [-0.15, -0.1) is 0 Å². The average Bonchev–Trinajstić information content (AvgIpc) is 2.90. The van der Waals surface area contributed by atoms with Gasteiger partial charge in [-0.2, -0.15) is 5.26 Å². The number of hydrogen-bond donors (Lipinski definition) is 0. The van der Waals surface area contributed by atoms with Crippen molar-refractivity contribution in [2.45, 2.75) is 59.4 Å². The number of carbonyl (C=O) groups is 1. The van der Waals surface area contributed by atoms with Gasteiger partial charge in [-0.3, -0.25) is 19.1 Å². The minimum absolute atomic E-state index is 0.111. The van der Waals surface area contributed by atoms with Gasteiger partial charge in [0.2, 0.25) is 0 Å². The lowest BCUT2D eigenvalue weighted by molar-refractivity contribution is -0.121. The Labute approximate surface area is 187 Å². The summed E-state index contributed by atoms with van der Waals surface area (Å²) in [6.07, 6.45) is 7.11. The Morgan fingerprint density at radius 1 is 1.17 bits per heavy atom. The zero-order chi connectivity index (χ0) is 21.8. The average molecular weight is 445 g/mol. The fourth-order valence-electron chi connectivity index (χ4n) is 4.10. The number of likely N-dealkylation sites (N-methyl/N-ethyl adjacent to an activating group) is 1. The number of carbonyl (C=O) groups excluding carboxylic acids is 1. The Balaban J connectivity index is 2.27. The van der Waals surface area contributed by atoms with Crippen molar-refractivity contribution in [2.24, 2.45) is 0 Å². The molecule has 2 saturated heterocycles. The van der Waals surface area contributed by atoms with E-state index in [2.05, 4.69) is 11.0 Å². The molecule has 0 aliphatic carbocycles. The maximum absolute atomic E-state index is 13.2. The normalized spacial score (nSPS) is 18.8. The number of anilines is 1. The molecule has 0 spiro atoms. The summed E-state index contributed by atoms with van der Waals surface area (Å²) in [6, 6.07) is 2.10. The molecule has 0 N–H and O–H groups in total. The Morgan fingerprint density at radius 2 is 1.83 bits per heavy atom. The van der Waals surface area contributed by atoms with E-state index in [0.29, 0.717) is 27.9 Å². The quantitative estimate of drug-likeness (QED) is 0.504. The maximum Gasteiger partial charge on any atom is 0.270 e. The van der Waals surface area contributed by atoms with E-state index in [9.17, 15) is 14.9 Å². The first-order valence-electron chi connectivity index (χ1n) is 10.6. The number of amides is 1. The summed E-state index contributed by atoms with van der Waals surface area (Å²) in [4.78, 5) is 30.4. The molecule has 0 saturated carbocycles. The van der Waals surface area contributed by atoms with E-state index in [1.165, 1.54) is 24.6 Å². The standard InChI is InChI=1S/C22H28N4O2S2/c1-4-10-26-19(24-11-8-6-7-9-12-24)16(15(3)17(14-23)20(26)27)13-18-21(28)25(5-2)22(29)30-18/h13H,4-12H2,1-3H3/b18-13+. The fraction of sp³-hybridized carbons (Fsp3) is 0.545. The number of nitriles is 1. The summed E-state index contributed by atoms with van der Waals surface area (Å²) in [7, 11) is 0. The first-order chi connectivity index (χ1) is 14.4. The predicted octanol–water partition coefficient (Wildman–Crippen LogP) is 4.04. The molecule has 0 aromatic carbocycles. The highest BCUT2D eigenvalue weighted by atomic mass is 32.2. The summed E-state index contributed by atoms with van der Waals surface area (Å²) < 4.78 is 2.29. The number of hydrogen-bond acceptors (Lipinski definition) is 6. The molecule has 3 heterocycles. The van der Waals surface area contributed by atoms with Crippen LogP contribution in [-0.2, 0) is 11.3 Å². The summed E-state index contributed by atoms with van der Waals surface area (Å²) in [5.74, 6) is 0.725. The van der Waals surface area contributed by atoms with Gasteiger partial charge in [0, 0.05) is 31.7 Å². The van der Waals surface area contributed by atoms with Crippen molar-refractivity contribution < 1.29 is 4.79 Å². The number of aromatic nitrogens is 1. The predicted molar refractivity (Wildman–Crippen MR) is 127 cm³/mol. The van der Waals surface area contributed by atoms with Crippen molar-refractivity contribution in [2.75, 3.05) is 24.5 Å². The summed E-state index contributed by atoms with van der Waals surface area (Å²) >= 11 is 6.65. The van der Waals surface area contributed by atoms with Gasteiger partial charge < -0.3 is 4.90 Å². The van der Waals surface area contributed by atoms with Gasteiger partial charge in [0.05, 0.1) is 4.91 Å². The van der Waals surface area contributed by atoms with E-state index in [1.807, 2.05) is 26.8 Å². The molecule has 2 fully saturated rings. The molecule has 0 bridgehead atoms. The van der Waals surface area contributed by atoms with Crippen LogP contribution >= 0.6 is 24.0 Å². The van der Waals surface area contributed by atoms with E-state index in [0.717, 1.165) is 43.7 Å². The van der Waals surface area contributed by atoms with E-state index < -0.39 is 0 Å². The van der Waals surface area contributed by atoms with Crippen LogP contribution in [0, 0.1) is 18.3 Å². The van der Waals surface area contributed by atoms with Crippen LogP contribution in [0.1, 0.15) is 62.6 Å². The highest BCUT2D eigenvalue weighted by Crippen LogP contribution is 2.36. The van der Waals surface area contributed by atoms with Gasteiger partial charge in [-0.25, -0.2) is 0 Å². The lowest BCUT2D eigenvalue weighted by atomic mass is 10.0. The molecular weight excluding hydrogens is 416 g/mol. The molecule has 8 heteroatoms. The van der Waals surface area contributed by atoms with Crippen LogP contribution in [0.5, 0.6) is 0 Å². The third kappa shape index (κ3) is 4.19. The van der Waals surface area contributed by atoms with Gasteiger partial charge >= 0.3 is 0 Å². The molecule has 1 amide bonds. The van der Waals surface area contributed by atoms with Crippen molar-refractivity contribution in [1.82, 2.24) is 9.47 Å². The molecule has 3 rings (SSSR count). The Kier molecular flexibility index (Phi) is 7.37. The minimum Gasteiger partial charge on any atom is -0.357 e. The number of thiocarbonyl (C=S) groups is 1. The summed E-state index contributed by atoms with van der Waals surface area (Å²) in [5, 5.41) is 9.70. The van der Waals surface area contributed by atoms with Crippen LogP contribution in [0.25, 0.3) is 6.08 Å². The van der Waals surface area contributed by atoms with Crippen LogP contribution in [-0.4, -0.2) is 39.3 Å². The smallest absolute Gasteiger partial charge is 0.270 e. The largest absolute Gasteiger partial charge is 0.357 e. The molecule has 30 heavy (non-hydrogen) atoms. The lowest BCUT2D eigenvalue weighted by Crippen LogP contribution is -2.35. The third-order valence-corrected chi connectivity index (χ3v) is 7.04. The number of pyridine rings is 1. The molecule has 0 atom stereocenters. The molecule has 1 aromatic heterocycles.